The maximum atomic E-state index is 4.42. The molecular formula is C11H10N4S. The summed E-state index contributed by atoms with van der Waals surface area (Å²) in [5, 5.41) is 1.08. The highest BCUT2D eigenvalue weighted by molar-refractivity contribution is 7.15. The second-order valence-electron chi connectivity index (χ2n) is 3.62. The molecule has 0 fully saturated rings. The van der Waals surface area contributed by atoms with E-state index in [2.05, 4.69) is 15.0 Å². The van der Waals surface area contributed by atoms with Crippen molar-refractivity contribution in [1.82, 2.24) is 19.4 Å². The van der Waals surface area contributed by atoms with Crippen molar-refractivity contribution in [2.45, 2.75) is 13.8 Å². The minimum atomic E-state index is 0.725. The molecule has 3 rings (SSSR count). The first-order valence-electron chi connectivity index (χ1n) is 4.97. The lowest BCUT2D eigenvalue weighted by molar-refractivity contribution is 1.11. The number of aryl methyl sites for hydroxylation is 2. The molecule has 3 aromatic rings. The maximum Gasteiger partial charge on any atom is 0.233 e. The van der Waals surface area contributed by atoms with Crippen LogP contribution >= 0.6 is 11.3 Å². The van der Waals surface area contributed by atoms with Gasteiger partial charge in [0.05, 0.1) is 15.6 Å². The molecule has 4 nitrogen and oxygen atoms in total. The molecular weight excluding hydrogens is 220 g/mol. The lowest BCUT2D eigenvalue weighted by atomic mass is 10.2. The third-order valence-corrected chi connectivity index (χ3v) is 3.53. The third kappa shape index (κ3) is 1.40. The van der Waals surface area contributed by atoms with Gasteiger partial charge in [-0.1, -0.05) is 0 Å². The van der Waals surface area contributed by atoms with Crippen LogP contribution in [0.25, 0.3) is 16.2 Å². The summed E-state index contributed by atoms with van der Waals surface area (Å²) in [5.74, 6) is 0.725. The van der Waals surface area contributed by atoms with E-state index in [0.29, 0.717) is 0 Å². The molecule has 0 aromatic carbocycles. The average Bonchev–Trinajstić information content (AvgIpc) is 2.83. The van der Waals surface area contributed by atoms with Gasteiger partial charge in [0.15, 0.2) is 0 Å². The van der Waals surface area contributed by atoms with Gasteiger partial charge in [-0.25, -0.2) is 15.0 Å². The molecule has 5 heteroatoms. The van der Waals surface area contributed by atoms with Gasteiger partial charge >= 0.3 is 0 Å². The van der Waals surface area contributed by atoms with Crippen LogP contribution in [-0.4, -0.2) is 19.4 Å². The first-order valence-corrected chi connectivity index (χ1v) is 5.79. The van der Waals surface area contributed by atoms with Gasteiger partial charge in [-0.3, -0.25) is 4.40 Å². The molecule has 0 atom stereocenters. The molecule has 16 heavy (non-hydrogen) atoms. The minimum absolute atomic E-state index is 0.725. The zero-order chi connectivity index (χ0) is 11.1. The highest BCUT2D eigenvalue weighted by Gasteiger charge is 2.08. The first kappa shape index (κ1) is 9.47. The molecule has 0 N–H and O–H groups in total. The molecule has 0 bridgehead atoms. The summed E-state index contributed by atoms with van der Waals surface area (Å²) in [7, 11) is 0. The van der Waals surface area contributed by atoms with E-state index < -0.39 is 0 Å². The van der Waals surface area contributed by atoms with Crippen LogP contribution in [0.5, 0.6) is 0 Å². The van der Waals surface area contributed by atoms with Crippen LogP contribution < -0.4 is 0 Å². The van der Waals surface area contributed by atoms with E-state index in [1.54, 1.807) is 17.5 Å². The van der Waals surface area contributed by atoms with Gasteiger partial charge in [0.1, 0.15) is 0 Å². The monoisotopic (exact) mass is 230 g/mol. The van der Waals surface area contributed by atoms with E-state index in [1.807, 2.05) is 36.8 Å². The number of thiazole rings is 1. The molecule has 0 amide bonds. The smallest absolute Gasteiger partial charge is 0.233 e. The van der Waals surface area contributed by atoms with E-state index in [-0.39, 0.29) is 0 Å². The molecule has 0 aliphatic rings. The summed E-state index contributed by atoms with van der Waals surface area (Å²) in [4.78, 5) is 14.0. The van der Waals surface area contributed by atoms with Crippen molar-refractivity contribution in [3.05, 3.63) is 35.5 Å². The number of aromatic nitrogens is 4. The number of hydrogen-bond donors (Lipinski definition) is 0. The maximum absolute atomic E-state index is 4.42. The molecule has 0 radical (unpaired) electrons. The summed E-state index contributed by atoms with van der Waals surface area (Å²) in [6.07, 6.45) is 7.53. The molecule has 0 saturated heterocycles. The van der Waals surface area contributed by atoms with E-state index in [4.69, 9.17) is 0 Å². The van der Waals surface area contributed by atoms with Crippen molar-refractivity contribution in [1.29, 1.82) is 0 Å². The lowest BCUT2D eigenvalue weighted by Crippen LogP contribution is -1.89. The third-order valence-electron chi connectivity index (χ3n) is 2.41. The fourth-order valence-corrected chi connectivity index (χ4v) is 2.63. The molecule has 3 heterocycles. The zero-order valence-electron chi connectivity index (χ0n) is 9.01. The number of fused-ring (bicyclic) bond motifs is 1. The molecule has 0 aliphatic carbocycles. The predicted molar refractivity (Wildman–Crippen MR) is 63.6 cm³/mol. The van der Waals surface area contributed by atoms with Gasteiger partial charge < -0.3 is 0 Å². The Morgan fingerprint density at radius 3 is 2.88 bits per heavy atom. The molecule has 0 unspecified atom stereocenters. The number of imidazole rings is 1. The number of rotatable bonds is 1. The van der Waals surface area contributed by atoms with E-state index >= 15 is 0 Å². The lowest BCUT2D eigenvalue weighted by Gasteiger charge is -1.99. The van der Waals surface area contributed by atoms with Crippen LogP contribution in [0, 0.1) is 13.8 Å². The quantitative estimate of drug-likeness (QED) is 0.645. The molecule has 0 saturated carbocycles. The Balaban J connectivity index is 2.21. The first-order chi connectivity index (χ1) is 7.74. The molecule has 0 spiro atoms. The second kappa shape index (κ2) is 3.38. The second-order valence-corrected chi connectivity index (χ2v) is 4.83. The number of nitrogens with zero attached hydrogens (tertiary/aromatic N) is 4. The Morgan fingerprint density at radius 2 is 2.12 bits per heavy atom. The zero-order valence-corrected chi connectivity index (χ0v) is 9.82. The van der Waals surface area contributed by atoms with Crippen LogP contribution in [0.1, 0.15) is 10.7 Å². The van der Waals surface area contributed by atoms with Gasteiger partial charge in [-0.15, -0.1) is 11.3 Å². The standard InChI is InChI=1S/C11H10N4S/c1-7-10(16-8(2)14-7)9-5-13-11-12-3-4-15(11)6-9/h3-6H,1-2H3. The van der Waals surface area contributed by atoms with Crippen molar-refractivity contribution in [2.75, 3.05) is 0 Å². The number of hydrogen-bond acceptors (Lipinski definition) is 4. The Kier molecular flexibility index (Phi) is 2.00. The Hall–Kier alpha value is -1.75. The van der Waals surface area contributed by atoms with Crippen LogP contribution in [0.2, 0.25) is 0 Å². The van der Waals surface area contributed by atoms with E-state index in [9.17, 15) is 0 Å². The fraction of sp³-hybridized carbons (Fsp3) is 0.182. The Morgan fingerprint density at radius 1 is 1.25 bits per heavy atom. The van der Waals surface area contributed by atoms with Crippen LogP contribution in [0.15, 0.2) is 24.8 Å². The van der Waals surface area contributed by atoms with Gasteiger partial charge in [-0.2, -0.15) is 0 Å². The van der Waals surface area contributed by atoms with Crippen molar-refractivity contribution < 1.29 is 0 Å². The van der Waals surface area contributed by atoms with Crippen molar-refractivity contribution in [3.63, 3.8) is 0 Å². The van der Waals surface area contributed by atoms with Crippen LogP contribution in [0.3, 0.4) is 0 Å². The summed E-state index contributed by atoms with van der Waals surface area (Å²) >= 11 is 1.69. The Bertz CT molecular complexity index is 653. The van der Waals surface area contributed by atoms with Crippen molar-refractivity contribution in [2.24, 2.45) is 0 Å². The SMILES string of the molecule is Cc1nc(C)c(-c2cnc3nccn3c2)s1. The van der Waals surface area contributed by atoms with Gasteiger partial charge in [0.25, 0.3) is 0 Å². The molecule has 0 aliphatic heterocycles. The highest BCUT2D eigenvalue weighted by Crippen LogP contribution is 2.28. The predicted octanol–water partition coefficient (Wildman–Crippen LogP) is 2.47. The minimum Gasteiger partial charge on any atom is -0.291 e. The van der Waals surface area contributed by atoms with Crippen LogP contribution in [-0.2, 0) is 0 Å². The van der Waals surface area contributed by atoms with Crippen molar-refractivity contribution >= 4 is 17.1 Å². The highest BCUT2D eigenvalue weighted by atomic mass is 32.1. The van der Waals surface area contributed by atoms with Gasteiger partial charge in [0.2, 0.25) is 5.78 Å². The van der Waals surface area contributed by atoms with Crippen LogP contribution in [0.4, 0.5) is 0 Å². The topological polar surface area (TPSA) is 43.1 Å². The van der Waals surface area contributed by atoms with E-state index in [1.165, 1.54) is 4.88 Å². The van der Waals surface area contributed by atoms with E-state index in [0.717, 1.165) is 22.0 Å². The summed E-state index contributed by atoms with van der Waals surface area (Å²) in [6.45, 7) is 4.04. The normalized spacial score (nSPS) is 11.1. The summed E-state index contributed by atoms with van der Waals surface area (Å²) in [6, 6.07) is 0. The fourth-order valence-electron chi connectivity index (χ4n) is 1.73. The van der Waals surface area contributed by atoms with Gasteiger partial charge in [0, 0.05) is 30.4 Å². The Labute approximate surface area is 96.6 Å². The summed E-state index contributed by atoms with van der Waals surface area (Å²) < 4.78 is 1.92. The largest absolute Gasteiger partial charge is 0.291 e. The average molecular weight is 230 g/mol. The summed E-state index contributed by atoms with van der Waals surface area (Å²) in [5.41, 5.74) is 2.15. The van der Waals surface area contributed by atoms with Crippen molar-refractivity contribution in [3.8, 4) is 10.4 Å². The van der Waals surface area contributed by atoms with Gasteiger partial charge in [-0.05, 0) is 13.8 Å². The molecule has 3 aromatic heterocycles. The molecule has 80 valence electrons.